The maximum Gasteiger partial charge on any atom is 0.472 e. The Bertz CT molecular complexity index is 974. The van der Waals surface area contributed by atoms with Gasteiger partial charge in [-0.05, 0) is 57.8 Å². The van der Waals surface area contributed by atoms with E-state index in [1.54, 1.807) is 0 Å². The number of hydrogen-bond donors (Lipinski definition) is 3. The Balaban J connectivity index is 4.42. The lowest BCUT2D eigenvalue weighted by atomic mass is 10.1. The lowest BCUT2D eigenvalue weighted by molar-refractivity contribution is -0.161. The van der Waals surface area contributed by atoms with Crippen LogP contribution in [-0.2, 0) is 37.5 Å². The molecule has 0 saturated heterocycles. The molecule has 0 saturated carbocycles. The molecule has 4 N–H and O–H groups in total. The van der Waals surface area contributed by atoms with Crippen molar-refractivity contribution in [3.05, 3.63) is 24.3 Å². The molecular formula is C39H72NO10P. The molecule has 0 bridgehead atoms. The standard InChI is InChI=1S/C39H72NO10P/c1-3-5-7-9-11-13-15-17-18-19-21-23-25-27-29-31-38(42)50-35(33-48-51(45,46)49-34-36(40)39(43)44)32-47-37(41)30-28-26-24-22-20-16-14-12-10-8-6-4-2/h9,11-12,14,35-36H,3-8,10,13,15-34,40H2,1-2H3,(H,43,44)(H,45,46)/b11-9+,14-12+/t35-,36+/m1/s1. The van der Waals surface area contributed by atoms with Gasteiger partial charge in [0.25, 0.3) is 0 Å². The van der Waals surface area contributed by atoms with E-state index in [-0.39, 0.29) is 19.4 Å². The smallest absolute Gasteiger partial charge is 0.472 e. The summed E-state index contributed by atoms with van der Waals surface area (Å²) in [7, 11) is -4.71. The summed E-state index contributed by atoms with van der Waals surface area (Å²) in [5.74, 6) is -2.39. The fourth-order valence-electron chi connectivity index (χ4n) is 5.22. The van der Waals surface area contributed by atoms with Crippen LogP contribution in [0.15, 0.2) is 24.3 Å². The topological polar surface area (TPSA) is 172 Å². The van der Waals surface area contributed by atoms with E-state index in [4.69, 9.17) is 24.8 Å². The number of esters is 2. The molecule has 1 unspecified atom stereocenters. The molecule has 0 aliphatic heterocycles. The van der Waals surface area contributed by atoms with Crippen LogP contribution in [0, 0.1) is 0 Å². The number of rotatable bonds is 37. The largest absolute Gasteiger partial charge is 0.480 e. The van der Waals surface area contributed by atoms with Gasteiger partial charge in [-0.15, -0.1) is 0 Å². The normalized spacial score (nSPS) is 14.1. The van der Waals surface area contributed by atoms with Crippen molar-refractivity contribution in [2.24, 2.45) is 5.73 Å². The molecule has 3 atom stereocenters. The van der Waals surface area contributed by atoms with Crippen LogP contribution in [0.25, 0.3) is 0 Å². The number of carboxylic acid groups (broad SMARTS) is 1. The number of carbonyl (C=O) groups excluding carboxylic acids is 2. The second kappa shape index (κ2) is 35.0. The average molecular weight is 746 g/mol. The van der Waals surface area contributed by atoms with E-state index < -0.39 is 51.1 Å². The molecule has 0 radical (unpaired) electrons. The van der Waals surface area contributed by atoms with Crippen molar-refractivity contribution in [2.45, 2.75) is 187 Å². The Morgan fingerprint density at radius 2 is 1.00 bits per heavy atom. The van der Waals surface area contributed by atoms with Gasteiger partial charge in [0.2, 0.25) is 0 Å². The van der Waals surface area contributed by atoms with E-state index in [1.165, 1.54) is 77.0 Å². The molecule has 0 aromatic heterocycles. The predicted molar refractivity (Wildman–Crippen MR) is 203 cm³/mol. The third kappa shape index (κ3) is 34.8. The molecule has 0 aliphatic rings. The zero-order valence-electron chi connectivity index (χ0n) is 31.9. The fourth-order valence-corrected chi connectivity index (χ4v) is 5.99. The summed E-state index contributed by atoms with van der Waals surface area (Å²) in [5.41, 5.74) is 5.32. The van der Waals surface area contributed by atoms with E-state index in [2.05, 4.69) is 42.7 Å². The van der Waals surface area contributed by atoms with Gasteiger partial charge in [0.05, 0.1) is 13.2 Å². The molecular weight excluding hydrogens is 673 g/mol. The van der Waals surface area contributed by atoms with Gasteiger partial charge in [0.1, 0.15) is 12.6 Å². The summed E-state index contributed by atoms with van der Waals surface area (Å²) in [6.45, 7) is 2.73. The molecule has 0 spiro atoms. The molecule has 51 heavy (non-hydrogen) atoms. The number of ether oxygens (including phenoxy) is 2. The number of carboxylic acids is 1. The lowest BCUT2D eigenvalue weighted by Gasteiger charge is -2.20. The van der Waals surface area contributed by atoms with Gasteiger partial charge >= 0.3 is 25.7 Å². The number of phosphoric acid groups is 1. The van der Waals surface area contributed by atoms with Gasteiger partial charge in [0, 0.05) is 12.8 Å². The van der Waals surface area contributed by atoms with Gasteiger partial charge in [-0.2, -0.15) is 0 Å². The van der Waals surface area contributed by atoms with Crippen molar-refractivity contribution >= 4 is 25.7 Å². The van der Waals surface area contributed by atoms with Crippen LogP contribution in [0.5, 0.6) is 0 Å². The fraction of sp³-hybridized carbons (Fsp3) is 0.821. The quantitative estimate of drug-likeness (QED) is 0.0239. The summed E-state index contributed by atoms with van der Waals surface area (Å²) in [6.07, 6.45) is 33.8. The highest BCUT2D eigenvalue weighted by Gasteiger charge is 2.28. The van der Waals surface area contributed by atoms with Gasteiger partial charge in [-0.25, -0.2) is 4.57 Å². The average Bonchev–Trinajstić information content (AvgIpc) is 3.10. The van der Waals surface area contributed by atoms with E-state index in [1.807, 2.05) is 0 Å². The molecule has 0 fully saturated rings. The first-order valence-electron chi connectivity index (χ1n) is 19.9. The summed E-state index contributed by atoms with van der Waals surface area (Å²) < 4.78 is 32.6. The van der Waals surface area contributed by atoms with Crippen LogP contribution in [0.2, 0.25) is 0 Å². The first-order valence-corrected chi connectivity index (χ1v) is 21.4. The number of aliphatic carboxylic acids is 1. The highest BCUT2D eigenvalue weighted by molar-refractivity contribution is 7.47. The summed E-state index contributed by atoms with van der Waals surface area (Å²) in [6, 6.07) is -1.52. The maximum absolute atomic E-state index is 12.6. The lowest BCUT2D eigenvalue weighted by Crippen LogP contribution is -2.34. The summed E-state index contributed by atoms with van der Waals surface area (Å²) in [5, 5.41) is 8.86. The molecule has 0 heterocycles. The zero-order chi connectivity index (χ0) is 37.8. The summed E-state index contributed by atoms with van der Waals surface area (Å²) >= 11 is 0. The van der Waals surface area contributed by atoms with Gasteiger partial charge in [0.15, 0.2) is 6.10 Å². The Morgan fingerprint density at radius 1 is 0.588 bits per heavy atom. The maximum atomic E-state index is 12.6. The van der Waals surface area contributed by atoms with Crippen molar-refractivity contribution < 1.29 is 47.5 Å². The first kappa shape index (κ1) is 49.0. The Hall–Kier alpha value is -2.04. The van der Waals surface area contributed by atoms with Gasteiger partial charge < -0.3 is 25.2 Å². The van der Waals surface area contributed by atoms with E-state index in [9.17, 15) is 23.8 Å². The van der Waals surface area contributed by atoms with Crippen molar-refractivity contribution in [2.75, 3.05) is 19.8 Å². The highest BCUT2D eigenvalue weighted by Crippen LogP contribution is 2.43. The zero-order valence-corrected chi connectivity index (χ0v) is 32.8. The molecule has 11 nitrogen and oxygen atoms in total. The van der Waals surface area contributed by atoms with Crippen LogP contribution in [0.1, 0.15) is 174 Å². The second-order valence-corrected chi connectivity index (χ2v) is 14.9. The van der Waals surface area contributed by atoms with Crippen LogP contribution in [0.4, 0.5) is 0 Å². The van der Waals surface area contributed by atoms with Gasteiger partial charge in [-0.3, -0.25) is 23.4 Å². The highest BCUT2D eigenvalue weighted by atomic mass is 31.2. The van der Waals surface area contributed by atoms with Crippen LogP contribution in [-0.4, -0.2) is 59.9 Å². The van der Waals surface area contributed by atoms with Crippen LogP contribution < -0.4 is 5.73 Å². The number of carbonyl (C=O) groups is 3. The molecule has 0 aromatic rings. The number of phosphoric ester groups is 1. The van der Waals surface area contributed by atoms with Crippen molar-refractivity contribution in [3.63, 3.8) is 0 Å². The van der Waals surface area contributed by atoms with Crippen molar-refractivity contribution in [1.82, 2.24) is 0 Å². The van der Waals surface area contributed by atoms with Crippen LogP contribution in [0.3, 0.4) is 0 Å². The number of nitrogens with two attached hydrogens (primary N) is 1. The van der Waals surface area contributed by atoms with E-state index in [0.717, 1.165) is 57.8 Å². The number of allylic oxidation sites excluding steroid dienone is 4. The molecule has 298 valence electrons. The minimum atomic E-state index is -4.71. The third-order valence-electron chi connectivity index (χ3n) is 8.42. The Morgan fingerprint density at radius 3 is 1.49 bits per heavy atom. The molecule has 0 rings (SSSR count). The SMILES string of the molecule is CCCC/C=C/CCCCCCCCCCCC(=O)O[C@H](COC(=O)CCCCCCC/C=C/CCCCC)COP(=O)(O)OC[C@H](N)C(=O)O. The molecule has 0 aromatic carbocycles. The van der Waals surface area contributed by atoms with E-state index >= 15 is 0 Å². The Kier molecular flexibility index (Phi) is 33.6. The van der Waals surface area contributed by atoms with Gasteiger partial charge in [-0.1, -0.05) is 128 Å². The monoisotopic (exact) mass is 745 g/mol. The molecule has 12 heteroatoms. The van der Waals surface area contributed by atoms with Crippen LogP contribution >= 0.6 is 7.82 Å². The van der Waals surface area contributed by atoms with Crippen molar-refractivity contribution in [3.8, 4) is 0 Å². The molecule has 0 aliphatic carbocycles. The first-order chi connectivity index (χ1) is 24.6. The number of hydrogen-bond acceptors (Lipinski definition) is 9. The van der Waals surface area contributed by atoms with Crippen molar-refractivity contribution in [1.29, 1.82) is 0 Å². The Labute approximate surface area is 309 Å². The second-order valence-electron chi connectivity index (χ2n) is 13.4. The predicted octanol–water partition coefficient (Wildman–Crippen LogP) is 9.89. The number of unbranched alkanes of at least 4 members (excludes halogenated alkanes) is 19. The minimum absolute atomic E-state index is 0.158. The minimum Gasteiger partial charge on any atom is -0.480 e. The molecule has 0 amide bonds. The van der Waals surface area contributed by atoms with E-state index in [0.29, 0.717) is 12.8 Å². The third-order valence-corrected chi connectivity index (χ3v) is 9.37. The summed E-state index contributed by atoms with van der Waals surface area (Å²) in [4.78, 5) is 45.8.